The number of amides is 1. The third-order valence-corrected chi connectivity index (χ3v) is 4.60. The number of carbonyl (C=O) groups is 1. The molecule has 2 aromatic rings. The van der Waals surface area contributed by atoms with Crippen LogP contribution in [0.2, 0.25) is 0 Å². The third-order valence-electron chi connectivity index (χ3n) is 4.60. The highest BCUT2D eigenvalue weighted by Crippen LogP contribution is 2.13. The molecule has 1 heterocycles. The van der Waals surface area contributed by atoms with Gasteiger partial charge in [0.25, 0.3) is 5.69 Å². The van der Waals surface area contributed by atoms with Crippen LogP contribution in [-0.2, 0) is 11.3 Å². The highest BCUT2D eigenvalue weighted by Gasteiger charge is 2.22. The first-order valence-corrected chi connectivity index (χ1v) is 8.71. The van der Waals surface area contributed by atoms with Crippen LogP contribution in [0, 0.1) is 10.1 Å². The van der Waals surface area contributed by atoms with Gasteiger partial charge in [-0.15, -0.1) is 0 Å². The summed E-state index contributed by atoms with van der Waals surface area (Å²) in [6.07, 6.45) is 3.25. The highest BCUT2D eigenvalue weighted by atomic mass is 16.6. The van der Waals surface area contributed by atoms with Crippen LogP contribution in [0.5, 0.6) is 0 Å². The fourth-order valence-electron chi connectivity index (χ4n) is 3.08. The van der Waals surface area contributed by atoms with Crippen molar-refractivity contribution in [3.63, 3.8) is 0 Å². The van der Waals surface area contributed by atoms with Crippen molar-refractivity contribution >= 4 is 17.7 Å². The molecule has 1 aliphatic heterocycles. The van der Waals surface area contributed by atoms with Crippen LogP contribution >= 0.6 is 0 Å². The molecule has 1 N–H and O–H groups in total. The minimum atomic E-state index is -0.435. The summed E-state index contributed by atoms with van der Waals surface area (Å²) < 4.78 is 0. The van der Waals surface area contributed by atoms with E-state index in [0.29, 0.717) is 0 Å². The fraction of sp³-hybridized carbons (Fsp3) is 0.250. The summed E-state index contributed by atoms with van der Waals surface area (Å²) in [6.45, 7) is 4.34. The number of piperazine rings is 1. The van der Waals surface area contributed by atoms with E-state index in [9.17, 15) is 14.9 Å². The van der Waals surface area contributed by atoms with Gasteiger partial charge in [0, 0.05) is 23.8 Å². The highest BCUT2D eigenvalue weighted by molar-refractivity contribution is 5.91. The van der Waals surface area contributed by atoms with Crippen molar-refractivity contribution in [1.29, 1.82) is 0 Å². The van der Waals surface area contributed by atoms with Crippen LogP contribution in [0.3, 0.4) is 0 Å². The number of non-ortho nitro benzene ring substituents is 1. The Bertz CT molecular complexity index is 780. The van der Waals surface area contributed by atoms with Gasteiger partial charge in [0.15, 0.2) is 0 Å². The van der Waals surface area contributed by atoms with Crippen LogP contribution in [0.4, 0.5) is 5.69 Å². The van der Waals surface area contributed by atoms with Gasteiger partial charge in [-0.05, 0) is 23.8 Å². The first kappa shape index (κ1) is 17.8. The normalized spacial score (nSPS) is 15.3. The van der Waals surface area contributed by atoms with Gasteiger partial charge in [-0.1, -0.05) is 30.3 Å². The SMILES string of the molecule is O=C(/C=C/c1ccc([N+](=O)[O-])cc1)N1CC[NH+](Cc2ccccc2)CC1. The van der Waals surface area contributed by atoms with Gasteiger partial charge in [-0.2, -0.15) is 0 Å². The topological polar surface area (TPSA) is 67.9 Å². The molecule has 26 heavy (non-hydrogen) atoms. The quantitative estimate of drug-likeness (QED) is 0.504. The molecule has 2 aromatic carbocycles. The lowest BCUT2D eigenvalue weighted by Gasteiger charge is -2.31. The van der Waals surface area contributed by atoms with Gasteiger partial charge in [0.1, 0.15) is 6.54 Å². The van der Waals surface area contributed by atoms with Gasteiger partial charge >= 0.3 is 0 Å². The standard InChI is InChI=1S/C20H21N3O3/c24-20(11-8-17-6-9-19(10-7-17)23(25)26)22-14-12-21(13-15-22)16-18-4-2-1-3-5-18/h1-11H,12-16H2/p+1/b11-8+. The molecular weight excluding hydrogens is 330 g/mol. The predicted octanol–water partition coefficient (Wildman–Crippen LogP) is 1.54. The number of nitrogens with one attached hydrogen (secondary N) is 1. The summed E-state index contributed by atoms with van der Waals surface area (Å²) in [6, 6.07) is 16.6. The molecule has 0 aromatic heterocycles. The molecule has 0 radical (unpaired) electrons. The molecule has 1 amide bonds. The molecule has 3 rings (SSSR count). The number of rotatable bonds is 5. The molecular formula is C20H22N3O3+. The molecule has 1 saturated heterocycles. The monoisotopic (exact) mass is 352 g/mol. The smallest absolute Gasteiger partial charge is 0.269 e. The predicted molar refractivity (Wildman–Crippen MR) is 99.6 cm³/mol. The van der Waals surface area contributed by atoms with E-state index in [2.05, 4.69) is 24.3 Å². The van der Waals surface area contributed by atoms with E-state index in [1.807, 2.05) is 11.0 Å². The molecule has 0 unspecified atom stereocenters. The van der Waals surface area contributed by atoms with Crippen LogP contribution in [0.15, 0.2) is 60.7 Å². The number of hydrogen-bond acceptors (Lipinski definition) is 3. The minimum absolute atomic E-state index is 0.0119. The molecule has 0 bridgehead atoms. The van der Waals surface area contributed by atoms with Crippen molar-refractivity contribution in [2.45, 2.75) is 6.54 Å². The molecule has 6 heteroatoms. The number of benzene rings is 2. The molecule has 1 fully saturated rings. The van der Waals surface area contributed by atoms with Gasteiger partial charge < -0.3 is 9.80 Å². The second-order valence-corrected chi connectivity index (χ2v) is 6.42. The number of nitrogens with zero attached hydrogens (tertiary/aromatic N) is 2. The molecule has 1 aliphatic rings. The lowest BCUT2D eigenvalue weighted by molar-refractivity contribution is -0.917. The molecule has 134 valence electrons. The maximum Gasteiger partial charge on any atom is 0.269 e. The Morgan fingerprint density at radius 3 is 2.35 bits per heavy atom. The second kappa shape index (κ2) is 8.40. The van der Waals surface area contributed by atoms with Crippen molar-refractivity contribution in [3.05, 3.63) is 81.9 Å². The van der Waals surface area contributed by atoms with Crippen molar-refractivity contribution in [1.82, 2.24) is 4.90 Å². The van der Waals surface area contributed by atoms with Crippen LogP contribution in [-0.4, -0.2) is 41.9 Å². The zero-order chi connectivity index (χ0) is 18.4. The van der Waals surface area contributed by atoms with Gasteiger partial charge in [0.2, 0.25) is 5.91 Å². The summed E-state index contributed by atoms with van der Waals surface area (Å²) in [5.41, 5.74) is 2.14. The zero-order valence-electron chi connectivity index (χ0n) is 14.5. The van der Waals surface area contributed by atoms with E-state index in [1.165, 1.54) is 22.6 Å². The van der Waals surface area contributed by atoms with Gasteiger partial charge in [-0.3, -0.25) is 14.9 Å². The summed E-state index contributed by atoms with van der Waals surface area (Å²) in [5, 5.41) is 10.7. The van der Waals surface area contributed by atoms with E-state index in [1.54, 1.807) is 24.3 Å². The average molecular weight is 352 g/mol. The lowest BCUT2D eigenvalue weighted by Crippen LogP contribution is -3.13. The number of quaternary nitrogens is 1. The van der Waals surface area contributed by atoms with Crippen molar-refractivity contribution in [3.8, 4) is 0 Å². The van der Waals surface area contributed by atoms with E-state index in [-0.39, 0.29) is 11.6 Å². The van der Waals surface area contributed by atoms with Crippen molar-refractivity contribution in [2.24, 2.45) is 0 Å². The maximum atomic E-state index is 12.3. The zero-order valence-corrected chi connectivity index (χ0v) is 14.5. The summed E-state index contributed by atoms with van der Waals surface area (Å²) >= 11 is 0. The van der Waals surface area contributed by atoms with E-state index >= 15 is 0 Å². The Morgan fingerprint density at radius 1 is 1.08 bits per heavy atom. The average Bonchev–Trinajstić information content (AvgIpc) is 2.68. The molecule has 0 aliphatic carbocycles. The largest absolute Gasteiger partial charge is 0.328 e. The molecule has 0 saturated carbocycles. The third kappa shape index (κ3) is 4.77. The Hall–Kier alpha value is -2.99. The first-order valence-electron chi connectivity index (χ1n) is 8.71. The summed E-state index contributed by atoms with van der Waals surface area (Å²) in [7, 11) is 0. The maximum absolute atomic E-state index is 12.3. The van der Waals surface area contributed by atoms with Crippen molar-refractivity contribution < 1.29 is 14.6 Å². The summed E-state index contributed by atoms with van der Waals surface area (Å²) in [5.74, 6) is -0.0119. The van der Waals surface area contributed by atoms with Gasteiger partial charge in [0.05, 0.1) is 31.1 Å². The Morgan fingerprint density at radius 2 is 1.73 bits per heavy atom. The van der Waals surface area contributed by atoms with Gasteiger partial charge in [-0.25, -0.2) is 0 Å². The van der Waals surface area contributed by atoms with Crippen LogP contribution in [0.25, 0.3) is 6.08 Å². The lowest BCUT2D eigenvalue weighted by atomic mass is 10.2. The minimum Gasteiger partial charge on any atom is -0.328 e. The van der Waals surface area contributed by atoms with E-state index < -0.39 is 4.92 Å². The molecule has 6 nitrogen and oxygen atoms in total. The molecule has 0 spiro atoms. The summed E-state index contributed by atoms with van der Waals surface area (Å²) in [4.78, 5) is 25.9. The van der Waals surface area contributed by atoms with E-state index in [4.69, 9.17) is 0 Å². The Kier molecular flexibility index (Phi) is 5.76. The number of nitro benzene ring substituents is 1. The first-order chi connectivity index (χ1) is 12.6. The number of nitro groups is 1. The van der Waals surface area contributed by atoms with Crippen molar-refractivity contribution in [2.75, 3.05) is 26.2 Å². The number of hydrogen-bond donors (Lipinski definition) is 1. The Balaban J connectivity index is 1.49. The fourth-order valence-corrected chi connectivity index (χ4v) is 3.08. The van der Waals surface area contributed by atoms with Crippen LogP contribution in [0.1, 0.15) is 11.1 Å². The number of carbonyl (C=O) groups excluding carboxylic acids is 1. The second-order valence-electron chi connectivity index (χ2n) is 6.42. The Labute approximate surface area is 152 Å². The van der Waals surface area contributed by atoms with E-state index in [0.717, 1.165) is 38.3 Å². The van der Waals surface area contributed by atoms with Crippen LogP contribution < -0.4 is 4.90 Å². The molecule has 0 atom stereocenters.